The first-order valence-corrected chi connectivity index (χ1v) is 10.1. The minimum absolute atomic E-state index is 0.0459. The molecule has 3 aromatic carbocycles. The van der Waals surface area contributed by atoms with Gasteiger partial charge in [-0.05, 0) is 42.0 Å². The number of nitrogens with two attached hydrogens (primary N) is 1. The second kappa shape index (κ2) is 8.47. The molecule has 0 atom stereocenters. The van der Waals surface area contributed by atoms with E-state index in [0.29, 0.717) is 11.1 Å². The van der Waals surface area contributed by atoms with Crippen LogP contribution in [-0.4, -0.2) is 19.7 Å². The van der Waals surface area contributed by atoms with Crippen LogP contribution in [0, 0.1) is 23.3 Å². The molecule has 0 fully saturated rings. The van der Waals surface area contributed by atoms with Gasteiger partial charge in [0.05, 0.1) is 11.1 Å². The fourth-order valence-corrected chi connectivity index (χ4v) is 3.60. The highest BCUT2D eigenvalue weighted by Crippen LogP contribution is 2.33. The first-order valence-electron chi connectivity index (χ1n) is 10.1. The van der Waals surface area contributed by atoms with Gasteiger partial charge in [-0.1, -0.05) is 24.3 Å². The lowest BCUT2D eigenvalue weighted by Gasteiger charge is -2.09. The van der Waals surface area contributed by atoms with Gasteiger partial charge in [0.25, 0.3) is 0 Å². The first kappa shape index (κ1) is 21.4. The summed E-state index contributed by atoms with van der Waals surface area (Å²) in [5, 5.41) is 7.49. The van der Waals surface area contributed by atoms with E-state index in [9.17, 15) is 17.6 Å². The van der Waals surface area contributed by atoms with Gasteiger partial charge in [0, 0.05) is 18.2 Å². The highest BCUT2D eigenvalue weighted by molar-refractivity contribution is 5.99. The van der Waals surface area contributed by atoms with E-state index in [2.05, 4.69) is 20.4 Å². The predicted octanol–water partition coefficient (Wildman–Crippen LogP) is 5.23. The monoisotopic (exact) mass is 464 g/mol. The molecule has 0 amide bonds. The number of benzene rings is 3. The van der Waals surface area contributed by atoms with Gasteiger partial charge >= 0.3 is 0 Å². The molecule has 0 spiro atoms. The minimum Gasteiger partial charge on any atom is -0.383 e. The van der Waals surface area contributed by atoms with Crippen LogP contribution >= 0.6 is 0 Å². The van der Waals surface area contributed by atoms with E-state index in [0.717, 1.165) is 22.9 Å². The highest BCUT2D eigenvalue weighted by atomic mass is 19.1. The third-order valence-electron chi connectivity index (χ3n) is 5.14. The summed E-state index contributed by atoms with van der Waals surface area (Å²) in [4.78, 5) is 8.82. The quantitative estimate of drug-likeness (QED) is 0.348. The third-order valence-corrected chi connectivity index (χ3v) is 5.14. The molecule has 10 heteroatoms. The van der Waals surface area contributed by atoms with Crippen molar-refractivity contribution in [2.45, 2.75) is 6.54 Å². The molecule has 0 radical (unpaired) electrons. The topological polar surface area (TPSA) is 81.7 Å². The number of fused-ring (bicyclic) bond motifs is 1. The fraction of sp³-hybridized carbons (Fsp3) is 0.0417. The minimum atomic E-state index is -0.745. The zero-order valence-electron chi connectivity index (χ0n) is 17.4. The Morgan fingerprint density at radius 2 is 1.56 bits per heavy atom. The van der Waals surface area contributed by atoms with E-state index in [4.69, 9.17) is 5.73 Å². The molecule has 2 aromatic heterocycles. The standard InChI is InChI=1S/C24H16F4N6/c25-15-5-1-3-13(9-15)12-30-24-31-21(14-4-2-6-16(26)10-14)20-22(29)34(33-23(20)32-24)19-11-17(27)7-8-18(19)28/h1-11H,12,29H2,(H,30,32,33). The van der Waals surface area contributed by atoms with Gasteiger partial charge in [0.1, 0.15) is 34.8 Å². The molecule has 6 nitrogen and oxygen atoms in total. The average molecular weight is 464 g/mol. The van der Waals surface area contributed by atoms with Gasteiger partial charge in [0.15, 0.2) is 5.65 Å². The lowest BCUT2D eigenvalue weighted by atomic mass is 10.1. The normalized spacial score (nSPS) is 11.2. The largest absolute Gasteiger partial charge is 0.383 e. The first-order chi connectivity index (χ1) is 16.4. The number of hydrogen-bond donors (Lipinski definition) is 2. The molecule has 5 aromatic rings. The van der Waals surface area contributed by atoms with E-state index in [1.807, 2.05) is 0 Å². The number of nitrogens with zero attached hydrogens (tertiary/aromatic N) is 4. The summed E-state index contributed by atoms with van der Waals surface area (Å²) in [5.41, 5.74) is 7.41. The van der Waals surface area contributed by atoms with Crippen LogP contribution in [0.5, 0.6) is 0 Å². The molecular weight excluding hydrogens is 448 g/mol. The molecule has 170 valence electrons. The van der Waals surface area contributed by atoms with Crippen molar-refractivity contribution in [1.82, 2.24) is 19.7 Å². The molecule has 3 N–H and O–H groups in total. The SMILES string of the molecule is Nc1c2c(-c3cccc(F)c3)nc(NCc3cccc(F)c3)nc2nn1-c1cc(F)ccc1F. The van der Waals surface area contributed by atoms with Crippen molar-refractivity contribution in [1.29, 1.82) is 0 Å². The van der Waals surface area contributed by atoms with Gasteiger partial charge in [-0.3, -0.25) is 0 Å². The van der Waals surface area contributed by atoms with Crippen LogP contribution in [0.15, 0.2) is 66.7 Å². The molecule has 0 aliphatic heterocycles. The Bertz CT molecular complexity index is 1530. The molecule has 5 rings (SSSR count). The molecule has 0 aliphatic rings. The maximum atomic E-state index is 14.4. The lowest BCUT2D eigenvalue weighted by Crippen LogP contribution is -2.05. The maximum Gasteiger partial charge on any atom is 0.225 e. The van der Waals surface area contributed by atoms with Gasteiger partial charge < -0.3 is 11.1 Å². The van der Waals surface area contributed by atoms with E-state index in [1.165, 1.54) is 30.3 Å². The average Bonchev–Trinajstić information content (AvgIpc) is 3.15. The molecular formula is C24H16F4N6. The van der Waals surface area contributed by atoms with Crippen molar-refractivity contribution >= 4 is 22.8 Å². The Hall–Kier alpha value is -4.47. The van der Waals surface area contributed by atoms with E-state index >= 15 is 0 Å². The molecule has 0 unspecified atom stereocenters. The Kier molecular flexibility index (Phi) is 5.33. The van der Waals surface area contributed by atoms with Gasteiger partial charge in [-0.15, -0.1) is 5.10 Å². The molecule has 0 bridgehead atoms. The molecule has 2 heterocycles. The number of rotatable bonds is 5. The second-order valence-electron chi connectivity index (χ2n) is 7.48. The number of aromatic nitrogens is 4. The summed E-state index contributed by atoms with van der Waals surface area (Å²) in [5.74, 6) is -2.24. The van der Waals surface area contributed by atoms with Crippen molar-refractivity contribution in [3.8, 4) is 16.9 Å². The highest BCUT2D eigenvalue weighted by Gasteiger charge is 2.21. The molecule has 0 saturated heterocycles. The van der Waals surface area contributed by atoms with Crippen LogP contribution in [0.1, 0.15) is 5.56 Å². The number of halogens is 4. The van der Waals surface area contributed by atoms with Crippen LogP contribution in [0.3, 0.4) is 0 Å². The molecule has 34 heavy (non-hydrogen) atoms. The summed E-state index contributed by atoms with van der Waals surface area (Å²) in [7, 11) is 0. The van der Waals surface area contributed by atoms with Gasteiger partial charge in [0.2, 0.25) is 5.95 Å². The predicted molar refractivity (Wildman–Crippen MR) is 120 cm³/mol. The summed E-state index contributed by atoms with van der Waals surface area (Å²) < 4.78 is 56.8. The van der Waals surface area contributed by atoms with Gasteiger partial charge in [-0.2, -0.15) is 4.98 Å². The van der Waals surface area contributed by atoms with Crippen molar-refractivity contribution in [2.75, 3.05) is 11.1 Å². The van der Waals surface area contributed by atoms with Crippen LogP contribution in [0.4, 0.5) is 29.3 Å². The smallest absolute Gasteiger partial charge is 0.225 e. The Morgan fingerprint density at radius 3 is 2.32 bits per heavy atom. The Balaban J connectivity index is 1.67. The summed E-state index contributed by atoms with van der Waals surface area (Å²) >= 11 is 0. The second-order valence-corrected chi connectivity index (χ2v) is 7.48. The van der Waals surface area contributed by atoms with Crippen LogP contribution in [0.25, 0.3) is 28.0 Å². The van der Waals surface area contributed by atoms with Crippen LogP contribution in [-0.2, 0) is 6.54 Å². The number of nitrogen functional groups attached to an aromatic ring is 1. The van der Waals surface area contributed by atoms with E-state index < -0.39 is 17.5 Å². The Morgan fingerprint density at radius 1 is 0.824 bits per heavy atom. The van der Waals surface area contributed by atoms with Crippen molar-refractivity contribution in [3.05, 3.63) is 95.6 Å². The van der Waals surface area contributed by atoms with E-state index in [-0.39, 0.29) is 46.5 Å². The third kappa shape index (κ3) is 4.01. The van der Waals surface area contributed by atoms with Crippen LogP contribution < -0.4 is 11.1 Å². The number of anilines is 2. The zero-order valence-corrected chi connectivity index (χ0v) is 17.4. The van der Waals surface area contributed by atoms with E-state index in [1.54, 1.807) is 18.2 Å². The summed E-state index contributed by atoms with van der Waals surface area (Å²) in [6, 6.07) is 14.5. The number of nitrogens with one attached hydrogen (secondary N) is 1. The maximum absolute atomic E-state index is 14.4. The van der Waals surface area contributed by atoms with Crippen molar-refractivity contribution < 1.29 is 17.6 Å². The summed E-state index contributed by atoms with van der Waals surface area (Å²) in [6.07, 6.45) is 0. The summed E-state index contributed by atoms with van der Waals surface area (Å²) in [6.45, 7) is 0.195. The van der Waals surface area contributed by atoms with Gasteiger partial charge in [-0.25, -0.2) is 27.2 Å². The van der Waals surface area contributed by atoms with Crippen LogP contribution in [0.2, 0.25) is 0 Å². The Labute approximate surface area is 190 Å². The van der Waals surface area contributed by atoms with Crippen molar-refractivity contribution in [3.63, 3.8) is 0 Å². The van der Waals surface area contributed by atoms with Crippen molar-refractivity contribution in [2.24, 2.45) is 0 Å². The lowest BCUT2D eigenvalue weighted by molar-refractivity contribution is 0.588. The fourth-order valence-electron chi connectivity index (χ4n) is 3.60. The molecule has 0 saturated carbocycles. The molecule has 0 aliphatic carbocycles. The number of hydrogen-bond acceptors (Lipinski definition) is 5. The zero-order chi connectivity index (χ0) is 23.8.